The first-order valence-corrected chi connectivity index (χ1v) is 16.9. The standard InChI is InChI=1S/C33H36N2O8S/c1-31-16-19-18-34-35(21-7-9-22(10-8-21)44(3,40)41)25(19)15-20(31)6-11-23-24-12-13-33(30(38)39,32(24,2)17-26(36)28(23)31)43-29(37)27-5-4-14-42-27/h4-5,7-10,14-15,18,23-24,26,28,36H,6,11-13,16-17H2,1-3H3,(H,38,39)/t23-,24-,26-,28+,31-,32-,33-/m0/s1. The number of carbonyl (C=O) groups excluding carboxylic acids is 1. The molecule has 0 aliphatic heterocycles. The van der Waals surface area contributed by atoms with Gasteiger partial charge >= 0.3 is 11.9 Å². The molecule has 4 aliphatic carbocycles. The van der Waals surface area contributed by atoms with Crippen LogP contribution in [0.5, 0.6) is 0 Å². The molecule has 0 spiro atoms. The van der Waals surface area contributed by atoms with Gasteiger partial charge in [0.2, 0.25) is 11.4 Å². The van der Waals surface area contributed by atoms with Crippen LogP contribution >= 0.6 is 0 Å². The Morgan fingerprint density at radius 3 is 2.55 bits per heavy atom. The molecule has 11 heteroatoms. The number of carbonyl (C=O) groups is 2. The van der Waals surface area contributed by atoms with Crippen LogP contribution in [0.2, 0.25) is 0 Å². The van der Waals surface area contributed by atoms with Gasteiger partial charge in [0.15, 0.2) is 9.84 Å². The highest BCUT2D eigenvalue weighted by Crippen LogP contribution is 2.68. The number of fused-ring (bicyclic) bond motifs is 6. The second-order valence-corrected chi connectivity index (χ2v) is 15.6. The maximum atomic E-state index is 13.0. The van der Waals surface area contributed by atoms with Crippen molar-refractivity contribution in [2.24, 2.45) is 28.6 Å². The summed E-state index contributed by atoms with van der Waals surface area (Å²) in [5.74, 6) is -2.13. The lowest BCUT2D eigenvalue weighted by atomic mass is 9.45. The molecular formula is C33H36N2O8S. The number of nitrogens with zero attached hydrogens (tertiary/aromatic N) is 2. The summed E-state index contributed by atoms with van der Waals surface area (Å²) < 4.78 is 36.8. The van der Waals surface area contributed by atoms with Crippen molar-refractivity contribution in [2.45, 2.75) is 69.0 Å². The van der Waals surface area contributed by atoms with Crippen LogP contribution in [-0.2, 0) is 25.8 Å². The number of hydrogen-bond donors (Lipinski definition) is 2. The maximum absolute atomic E-state index is 13.0. The number of esters is 1. The monoisotopic (exact) mass is 620 g/mol. The number of ether oxygens (including phenoxy) is 1. The first kappa shape index (κ1) is 29.0. The number of aromatic nitrogens is 2. The molecule has 3 fully saturated rings. The Bertz CT molecular complexity index is 1790. The van der Waals surface area contributed by atoms with Crippen molar-refractivity contribution in [3.63, 3.8) is 0 Å². The van der Waals surface area contributed by atoms with Gasteiger partial charge in [-0.05, 0) is 110 Å². The predicted molar refractivity (Wildman–Crippen MR) is 159 cm³/mol. The highest BCUT2D eigenvalue weighted by atomic mass is 32.2. The average Bonchev–Trinajstić information content (AvgIpc) is 3.70. The van der Waals surface area contributed by atoms with E-state index in [4.69, 9.17) is 9.15 Å². The minimum atomic E-state index is -3.31. The van der Waals surface area contributed by atoms with Crippen molar-refractivity contribution >= 4 is 27.9 Å². The minimum absolute atomic E-state index is 0.0447. The van der Waals surface area contributed by atoms with Crippen LogP contribution in [0.15, 0.2) is 63.7 Å². The van der Waals surface area contributed by atoms with Gasteiger partial charge in [-0.2, -0.15) is 5.10 Å². The van der Waals surface area contributed by atoms with E-state index in [1.54, 1.807) is 30.3 Å². The van der Waals surface area contributed by atoms with E-state index in [1.165, 1.54) is 24.2 Å². The molecule has 3 saturated carbocycles. The first-order chi connectivity index (χ1) is 20.8. The van der Waals surface area contributed by atoms with Crippen LogP contribution < -0.4 is 0 Å². The topological polar surface area (TPSA) is 149 Å². The molecule has 2 heterocycles. The van der Waals surface area contributed by atoms with Crippen molar-refractivity contribution in [2.75, 3.05) is 6.26 Å². The zero-order chi connectivity index (χ0) is 31.2. The van der Waals surface area contributed by atoms with E-state index in [-0.39, 0.29) is 46.7 Å². The lowest BCUT2D eigenvalue weighted by Crippen LogP contribution is -2.63. The van der Waals surface area contributed by atoms with Gasteiger partial charge in [0, 0.05) is 11.7 Å². The van der Waals surface area contributed by atoms with Crippen LogP contribution in [0.1, 0.15) is 67.8 Å². The Labute approximate surface area is 255 Å². The number of aliphatic hydroxyl groups excluding tert-OH is 1. The Balaban J connectivity index is 1.20. The normalized spacial score (nSPS) is 34.2. The molecule has 0 radical (unpaired) electrons. The van der Waals surface area contributed by atoms with Crippen molar-refractivity contribution in [3.05, 3.63) is 71.4 Å². The van der Waals surface area contributed by atoms with E-state index < -0.39 is 38.9 Å². The van der Waals surface area contributed by atoms with Crippen molar-refractivity contribution in [1.82, 2.24) is 9.78 Å². The van der Waals surface area contributed by atoms with Gasteiger partial charge in [0.05, 0.1) is 34.8 Å². The van der Waals surface area contributed by atoms with E-state index in [1.807, 2.05) is 17.8 Å². The molecule has 2 N–H and O–H groups in total. The SMILES string of the molecule is C[C@]12Cc3cnn(-c4ccc(S(C)(=O)=O)cc4)c3C=C1CC[C@@H]1[C@@H]2[C@@H](O)C[C@@]2(C)[C@H]1CC[C@]2(OC(=O)c1ccco1)C(=O)O. The van der Waals surface area contributed by atoms with Gasteiger partial charge in [0.1, 0.15) is 0 Å². The van der Waals surface area contributed by atoms with E-state index in [0.717, 1.165) is 29.8 Å². The van der Waals surface area contributed by atoms with Gasteiger partial charge < -0.3 is 19.4 Å². The summed E-state index contributed by atoms with van der Waals surface area (Å²) in [6.07, 6.45) is 8.99. The van der Waals surface area contributed by atoms with Gasteiger partial charge in [-0.3, -0.25) is 0 Å². The number of allylic oxidation sites excluding steroid dienone is 1. The fourth-order valence-electron chi connectivity index (χ4n) is 9.38. The summed E-state index contributed by atoms with van der Waals surface area (Å²) in [6.45, 7) is 4.08. The second-order valence-electron chi connectivity index (χ2n) is 13.6. The summed E-state index contributed by atoms with van der Waals surface area (Å²) in [5, 5.41) is 27.1. The summed E-state index contributed by atoms with van der Waals surface area (Å²) >= 11 is 0. The Kier molecular flexibility index (Phi) is 6.37. The molecule has 4 aliphatic rings. The van der Waals surface area contributed by atoms with Crippen molar-refractivity contribution in [3.8, 4) is 5.69 Å². The predicted octanol–water partition coefficient (Wildman–Crippen LogP) is 4.70. The third-order valence-corrected chi connectivity index (χ3v) is 12.5. The molecule has 7 rings (SSSR count). The minimum Gasteiger partial charge on any atom is -0.478 e. The number of aliphatic hydroxyl groups is 1. The fourth-order valence-corrected chi connectivity index (χ4v) is 10.0. The molecule has 0 saturated heterocycles. The number of sulfone groups is 1. The van der Waals surface area contributed by atoms with Crippen LogP contribution in [0.3, 0.4) is 0 Å². The van der Waals surface area contributed by atoms with Crippen LogP contribution in [0, 0.1) is 28.6 Å². The average molecular weight is 621 g/mol. The van der Waals surface area contributed by atoms with E-state index >= 15 is 0 Å². The van der Waals surface area contributed by atoms with E-state index in [2.05, 4.69) is 18.1 Å². The highest BCUT2D eigenvalue weighted by Gasteiger charge is 2.71. The number of furan rings is 1. The number of aliphatic carboxylic acids is 1. The quantitative estimate of drug-likeness (QED) is 0.387. The van der Waals surface area contributed by atoms with Crippen LogP contribution in [0.25, 0.3) is 11.8 Å². The summed E-state index contributed by atoms with van der Waals surface area (Å²) in [4.78, 5) is 26.2. The van der Waals surface area contributed by atoms with Gasteiger partial charge in [-0.1, -0.05) is 19.4 Å². The highest BCUT2D eigenvalue weighted by molar-refractivity contribution is 7.90. The van der Waals surface area contributed by atoms with Gasteiger partial charge in [-0.15, -0.1) is 0 Å². The first-order valence-electron chi connectivity index (χ1n) is 15.1. The Hall–Kier alpha value is -3.70. The third kappa shape index (κ3) is 4.01. The molecule has 44 heavy (non-hydrogen) atoms. The number of carboxylic acids is 1. The second kappa shape index (κ2) is 9.65. The number of carboxylic acid groups (broad SMARTS) is 1. The van der Waals surface area contributed by atoms with Crippen molar-refractivity contribution < 1.29 is 37.4 Å². The number of rotatable bonds is 5. The smallest absolute Gasteiger partial charge is 0.375 e. The fraction of sp³-hybridized carbons (Fsp3) is 0.485. The van der Waals surface area contributed by atoms with E-state index in [9.17, 15) is 28.2 Å². The van der Waals surface area contributed by atoms with Crippen molar-refractivity contribution in [1.29, 1.82) is 0 Å². The van der Waals surface area contributed by atoms with Crippen LogP contribution in [-0.4, -0.2) is 58.3 Å². The van der Waals surface area contributed by atoms with Gasteiger partial charge in [-0.25, -0.2) is 22.7 Å². The molecule has 0 amide bonds. The zero-order valence-electron chi connectivity index (χ0n) is 24.9. The zero-order valence-corrected chi connectivity index (χ0v) is 25.7. The molecule has 10 nitrogen and oxygen atoms in total. The van der Waals surface area contributed by atoms with Gasteiger partial charge in [0.25, 0.3) is 0 Å². The van der Waals surface area contributed by atoms with Crippen LogP contribution in [0.4, 0.5) is 0 Å². The largest absolute Gasteiger partial charge is 0.478 e. The summed E-state index contributed by atoms with van der Waals surface area (Å²) in [6, 6.07) is 9.70. The molecule has 3 aromatic rings. The third-order valence-electron chi connectivity index (χ3n) is 11.4. The molecule has 0 unspecified atom stereocenters. The summed E-state index contributed by atoms with van der Waals surface area (Å²) in [5.41, 5.74) is 0.915. The number of benzene rings is 1. The lowest BCUT2D eigenvalue weighted by Gasteiger charge is -2.60. The summed E-state index contributed by atoms with van der Waals surface area (Å²) in [7, 11) is -3.31. The molecule has 0 bridgehead atoms. The molecule has 2 aromatic heterocycles. The van der Waals surface area contributed by atoms with E-state index in [0.29, 0.717) is 12.8 Å². The Morgan fingerprint density at radius 2 is 1.89 bits per heavy atom. The Morgan fingerprint density at radius 1 is 1.14 bits per heavy atom. The maximum Gasteiger partial charge on any atom is 0.375 e. The number of hydrogen-bond acceptors (Lipinski definition) is 8. The molecule has 1 aromatic carbocycles. The molecule has 7 atom stereocenters. The molecule has 232 valence electrons. The molecular weight excluding hydrogens is 584 g/mol. The lowest BCUT2D eigenvalue weighted by molar-refractivity contribution is -0.195.